The van der Waals surface area contributed by atoms with Gasteiger partial charge in [-0.3, -0.25) is 4.79 Å². The van der Waals surface area contributed by atoms with Crippen molar-refractivity contribution in [2.75, 3.05) is 0 Å². The van der Waals surface area contributed by atoms with Crippen molar-refractivity contribution in [1.82, 2.24) is 0 Å². The zero-order valence-corrected chi connectivity index (χ0v) is 10.0. The van der Waals surface area contributed by atoms with E-state index >= 15 is 0 Å². The Morgan fingerprint density at radius 1 is 1.05 bits per heavy atom. The fraction of sp³-hybridized carbons (Fsp3) is 0. The van der Waals surface area contributed by atoms with Crippen molar-refractivity contribution >= 4 is 11.9 Å². The van der Waals surface area contributed by atoms with E-state index in [0.29, 0.717) is 16.7 Å². The van der Waals surface area contributed by atoms with E-state index in [1.807, 2.05) is 0 Å². The van der Waals surface area contributed by atoms with Crippen LogP contribution in [0.5, 0.6) is 0 Å². The molecule has 4 N–H and O–H groups in total. The first-order valence-corrected chi connectivity index (χ1v) is 5.57. The van der Waals surface area contributed by atoms with Crippen molar-refractivity contribution in [2.24, 2.45) is 16.5 Å². The summed E-state index contributed by atoms with van der Waals surface area (Å²) in [6, 6.07) is 12.8. The van der Waals surface area contributed by atoms with Gasteiger partial charge in [-0.05, 0) is 23.8 Å². The monoisotopic (exact) mass is 257 g/mol. The van der Waals surface area contributed by atoms with Gasteiger partial charge in [0.15, 0.2) is 5.96 Å². The maximum atomic E-state index is 13.7. The standard InChI is InChI=1S/C14H12FN3O/c15-12-7-2-1-6-11(12)9-4-3-5-10(8-9)13(19)18-14(16)17/h1-8H,(H4,16,17,18,19). The first-order valence-electron chi connectivity index (χ1n) is 5.57. The average molecular weight is 257 g/mol. The molecule has 19 heavy (non-hydrogen) atoms. The van der Waals surface area contributed by atoms with Gasteiger partial charge in [-0.1, -0.05) is 30.3 Å². The van der Waals surface area contributed by atoms with Gasteiger partial charge in [-0.15, -0.1) is 0 Å². The van der Waals surface area contributed by atoms with Gasteiger partial charge in [-0.2, -0.15) is 4.99 Å². The Hall–Kier alpha value is -2.69. The first kappa shape index (κ1) is 12.8. The molecule has 5 heteroatoms. The molecular formula is C14H12FN3O. The van der Waals surface area contributed by atoms with Gasteiger partial charge in [0.25, 0.3) is 5.91 Å². The van der Waals surface area contributed by atoms with Crippen LogP contribution in [0.4, 0.5) is 4.39 Å². The lowest BCUT2D eigenvalue weighted by atomic mass is 10.0. The summed E-state index contributed by atoms with van der Waals surface area (Å²) in [5, 5.41) is 0. The third-order valence-electron chi connectivity index (χ3n) is 2.53. The number of rotatable bonds is 2. The summed E-state index contributed by atoms with van der Waals surface area (Å²) in [4.78, 5) is 15.1. The summed E-state index contributed by atoms with van der Waals surface area (Å²) < 4.78 is 13.7. The van der Waals surface area contributed by atoms with Crippen LogP contribution < -0.4 is 11.5 Å². The predicted octanol–water partition coefficient (Wildman–Crippen LogP) is 1.91. The molecule has 0 aromatic heterocycles. The van der Waals surface area contributed by atoms with E-state index in [4.69, 9.17) is 11.5 Å². The first-order chi connectivity index (χ1) is 9.08. The van der Waals surface area contributed by atoms with Crippen LogP contribution in [0.15, 0.2) is 53.5 Å². The fourth-order valence-corrected chi connectivity index (χ4v) is 1.70. The number of hydrogen-bond donors (Lipinski definition) is 2. The highest BCUT2D eigenvalue weighted by molar-refractivity contribution is 6.02. The minimum atomic E-state index is -0.557. The SMILES string of the molecule is NC(N)=NC(=O)c1cccc(-c2ccccc2F)c1. The van der Waals surface area contributed by atoms with Crippen LogP contribution in [-0.4, -0.2) is 11.9 Å². The summed E-state index contributed by atoms with van der Waals surface area (Å²) in [6.07, 6.45) is 0. The number of amides is 1. The number of guanidine groups is 1. The summed E-state index contributed by atoms with van der Waals surface area (Å²) >= 11 is 0. The van der Waals surface area contributed by atoms with Crippen molar-refractivity contribution in [3.8, 4) is 11.1 Å². The normalized spacial score (nSPS) is 9.95. The lowest BCUT2D eigenvalue weighted by molar-refractivity contribution is 0.100. The van der Waals surface area contributed by atoms with Crippen LogP contribution in [0.2, 0.25) is 0 Å². The molecule has 1 amide bonds. The third kappa shape index (κ3) is 2.95. The van der Waals surface area contributed by atoms with Gasteiger partial charge in [0.05, 0.1) is 0 Å². The van der Waals surface area contributed by atoms with Crippen molar-refractivity contribution in [3.05, 3.63) is 59.9 Å². The van der Waals surface area contributed by atoms with E-state index in [1.165, 1.54) is 6.07 Å². The summed E-state index contributed by atoms with van der Waals surface area (Å²) in [5.41, 5.74) is 11.6. The van der Waals surface area contributed by atoms with E-state index in [0.717, 1.165) is 0 Å². The highest BCUT2D eigenvalue weighted by Crippen LogP contribution is 2.23. The molecule has 4 nitrogen and oxygen atoms in total. The lowest BCUT2D eigenvalue weighted by Crippen LogP contribution is -2.24. The Balaban J connectivity index is 2.43. The quantitative estimate of drug-likeness (QED) is 0.637. The molecule has 0 saturated heterocycles. The molecule has 0 radical (unpaired) electrons. The molecule has 0 fully saturated rings. The molecule has 2 aromatic rings. The van der Waals surface area contributed by atoms with Crippen LogP contribution in [0, 0.1) is 5.82 Å². The number of carbonyl (C=O) groups excluding carboxylic acids is 1. The molecule has 2 aromatic carbocycles. The Morgan fingerprint density at radius 3 is 2.47 bits per heavy atom. The van der Waals surface area contributed by atoms with Gasteiger partial charge in [0.2, 0.25) is 0 Å². The zero-order chi connectivity index (χ0) is 13.8. The molecule has 0 aliphatic heterocycles. The maximum Gasteiger partial charge on any atom is 0.280 e. The third-order valence-corrected chi connectivity index (χ3v) is 2.53. The fourth-order valence-electron chi connectivity index (χ4n) is 1.70. The predicted molar refractivity (Wildman–Crippen MR) is 72.0 cm³/mol. The number of nitrogens with two attached hydrogens (primary N) is 2. The number of halogens is 1. The summed E-state index contributed by atoms with van der Waals surface area (Å²) in [6.45, 7) is 0. The smallest absolute Gasteiger partial charge is 0.280 e. The van der Waals surface area contributed by atoms with Gasteiger partial charge < -0.3 is 11.5 Å². The minimum Gasteiger partial charge on any atom is -0.370 e. The molecule has 0 bridgehead atoms. The van der Waals surface area contributed by atoms with Gasteiger partial charge in [0.1, 0.15) is 5.82 Å². The van der Waals surface area contributed by atoms with Gasteiger partial charge in [-0.25, -0.2) is 4.39 Å². The average Bonchev–Trinajstić information content (AvgIpc) is 2.38. The van der Waals surface area contributed by atoms with Gasteiger partial charge in [0, 0.05) is 11.1 Å². The molecule has 0 aliphatic carbocycles. The van der Waals surface area contributed by atoms with Crippen molar-refractivity contribution in [3.63, 3.8) is 0 Å². The molecule has 0 spiro atoms. The van der Waals surface area contributed by atoms with Crippen LogP contribution in [0.25, 0.3) is 11.1 Å². The Kier molecular flexibility index (Phi) is 3.56. The second kappa shape index (κ2) is 5.30. The van der Waals surface area contributed by atoms with E-state index in [9.17, 15) is 9.18 Å². The molecule has 0 aliphatic rings. The van der Waals surface area contributed by atoms with Crippen molar-refractivity contribution < 1.29 is 9.18 Å². The maximum absolute atomic E-state index is 13.7. The number of aliphatic imine (C=N–C) groups is 1. The summed E-state index contributed by atoms with van der Waals surface area (Å²) in [5.74, 6) is -1.21. The molecule has 0 atom stereocenters. The highest BCUT2D eigenvalue weighted by atomic mass is 19.1. The van der Waals surface area contributed by atoms with E-state index in [1.54, 1.807) is 42.5 Å². The molecular weight excluding hydrogens is 245 g/mol. The van der Waals surface area contributed by atoms with E-state index in [-0.39, 0.29) is 11.8 Å². The number of carbonyl (C=O) groups is 1. The molecule has 96 valence electrons. The number of hydrogen-bond acceptors (Lipinski definition) is 1. The zero-order valence-electron chi connectivity index (χ0n) is 10.0. The second-order valence-electron chi connectivity index (χ2n) is 3.90. The van der Waals surface area contributed by atoms with Crippen molar-refractivity contribution in [1.29, 1.82) is 0 Å². The Morgan fingerprint density at radius 2 is 1.79 bits per heavy atom. The van der Waals surface area contributed by atoms with Crippen LogP contribution in [0.3, 0.4) is 0 Å². The largest absolute Gasteiger partial charge is 0.370 e. The van der Waals surface area contributed by atoms with Gasteiger partial charge >= 0.3 is 0 Å². The topological polar surface area (TPSA) is 81.5 Å². The Bertz CT molecular complexity index is 649. The summed E-state index contributed by atoms with van der Waals surface area (Å²) in [7, 11) is 0. The lowest BCUT2D eigenvalue weighted by Gasteiger charge is -2.04. The molecule has 2 rings (SSSR count). The van der Waals surface area contributed by atoms with E-state index < -0.39 is 5.91 Å². The number of nitrogens with zero attached hydrogens (tertiary/aromatic N) is 1. The van der Waals surface area contributed by atoms with Crippen LogP contribution >= 0.6 is 0 Å². The molecule has 0 unspecified atom stereocenters. The highest BCUT2D eigenvalue weighted by Gasteiger charge is 2.08. The Labute approximate surface area is 109 Å². The number of benzene rings is 2. The second-order valence-corrected chi connectivity index (χ2v) is 3.90. The van der Waals surface area contributed by atoms with Crippen LogP contribution in [-0.2, 0) is 0 Å². The molecule has 0 heterocycles. The van der Waals surface area contributed by atoms with Crippen molar-refractivity contribution in [2.45, 2.75) is 0 Å². The minimum absolute atomic E-state index is 0.300. The van der Waals surface area contributed by atoms with Crippen LogP contribution in [0.1, 0.15) is 10.4 Å². The molecule has 0 saturated carbocycles. The van der Waals surface area contributed by atoms with E-state index in [2.05, 4.69) is 4.99 Å².